The van der Waals surface area contributed by atoms with Crippen LogP contribution in [0.15, 0.2) is 18.2 Å². The number of aliphatic hydroxyl groups excluding tert-OH is 1. The van der Waals surface area contributed by atoms with E-state index in [1.165, 1.54) is 0 Å². The Bertz CT molecular complexity index is 473. The van der Waals surface area contributed by atoms with Crippen molar-refractivity contribution in [3.05, 3.63) is 23.8 Å². The van der Waals surface area contributed by atoms with Gasteiger partial charge in [0.25, 0.3) is 0 Å². The van der Waals surface area contributed by atoms with Crippen molar-refractivity contribution in [2.45, 2.75) is 25.5 Å². The van der Waals surface area contributed by atoms with Crippen LogP contribution >= 0.6 is 0 Å². The molecule has 2 aliphatic heterocycles. The molecule has 5 nitrogen and oxygen atoms in total. The highest BCUT2D eigenvalue weighted by atomic mass is 16.6. The minimum atomic E-state index is -0.550. The molecule has 0 amide bonds. The van der Waals surface area contributed by atoms with Crippen molar-refractivity contribution in [1.29, 1.82) is 0 Å². The van der Waals surface area contributed by atoms with Crippen LogP contribution in [-0.2, 0) is 4.74 Å². The van der Waals surface area contributed by atoms with E-state index in [9.17, 15) is 5.11 Å². The average Bonchev–Trinajstić information content (AvgIpc) is 3.06. The van der Waals surface area contributed by atoms with E-state index in [4.69, 9.17) is 14.2 Å². The number of aliphatic hydroxyl groups is 1. The Hall–Kier alpha value is -1.30. The largest absolute Gasteiger partial charge is 0.486 e. The van der Waals surface area contributed by atoms with Gasteiger partial charge in [-0.2, -0.15) is 0 Å². The van der Waals surface area contributed by atoms with E-state index in [2.05, 4.69) is 12.2 Å². The molecule has 0 spiro atoms. The summed E-state index contributed by atoms with van der Waals surface area (Å²) in [5.74, 6) is 2.01. The van der Waals surface area contributed by atoms with Crippen molar-refractivity contribution < 1.29 is 19.3 Å². The van der Waals surface area contributed by atoms with E-state index in [0.717, 1.165) is 36.7 Å². The molecule has 1 fully saturated rings. The molecule has 3 atom stereocenters. The summed E-state index contributed by atoms with van der Waals surface area (Å²) in [6.07, 6.45) is 0.541. The first kappa shape index (κ1) is 14.6. The van der Waals surface area contributed by atoms with Crippen molar-refractivity contribution in [3.8, 4) is 11.5 Å². The molecule has 0 saturated carbocycles. The summed E-state index contributed by atoms with van der Waals surface area (Å²) < 4.78 is 16.4. The number of fused-ring (bicyclic) bond motifs is 1. The van der Waals surface area contributed by atoms with Crippen molar-refractivity contribution >= 4 is 0 Å². The highest BCUT2D eigenvalue weighted by molar-refractivity contribution is 5.44. The molecule has 3 unspecified atom stereocenters. The molecule has 1 aromatic rings. The van der Waals surface area contributed by atoms with Crippen LogP contribution in [0.2, 0.25) is 0 Å². The third-order valence-corrected chi connectivity index (χ3v) is 4.26. The summed E-state index contributed by atoms with van der Waals surface area (Å²) in [6.45, 7) is 5.48. The van der Waals surface area contributed by atoms with E-state index in [1.807, 2.05) is 18.2 Å². The van der Waals surface area contributed by atoms with Crippen LogP contribution in [0.5, 0.6) is 11.5 Å². The molecule has 2 N–H and O–H groups in total. The zero-order chi connectivity index (χ0) is 14.7. The van der Waals surface area contributed by atoms with Crippen LogP contribution in [0.3, 0.4) is 0 Å². The first-order valence-electron chi connectivity index (χ1n) is 7.63. The third-order valence-electron chi connectivity index (χ3n) is 4.26. The Balaban J connectivity index is 1.56. The Morgan fingerprint density at radius 1 is 1.24 bits per heavy atom. The zero-order valence-corrected chi connectivity index (χ0v) is 12.4. The quantitative estimate of drug-likeness (QED) is 0.861. The van der Waals surface area contributed by atoms with E-state index >= 15 is 0 Å². The van der Waals surface area contributed by atoms with E-state index in [-0.39, 0.29) is 0 Å². The van der Waals surface area contributed by atoms with Gasteiger partial charge in [0.1, 0.15) is 13.2 Å². The van der Waals surface area contributed by atoms with Gasteiger partial charge < -0.3 is 24.6 Å². The monoisotopic (exact) mass is 293 g/mol. The number of rotatable bonds is 5. The van der Waals surface area contributed by atoms with Gasteiger partial charge in [0.05, 0.1) is 12.7 Å². The SMILES string of the molecule is CC(NCC(O)c1ccc2c(c1)OCCO2)C1CCOC1. The lowest BCUT2D eigenvalue weighted by Gasteiger charge is -2.23. The molecule has 1 aromatic carbocycles. The number of hydrogen-bond acceptors (Lipinski definition) is 5. The normalized spacial score (nSPS) is 23.8. The molecule has 2 heterocycles. The van der Waals surface area contributed by atoms with Crippen molar-refractivity contribution in [2.24, 2.45) is 5.92 Å². The number of hydrogen-bond donors (Lipinski definition) is 2. The molecular formula is C16H23NO4. The summed E-state index contributed by atoms with van der Waals surface area (Å²) in [6, 6.07) is 5.97. The summed E-state index contributed by atoms with van der Waals surface area (Å²) in [7, 11) is 0. The second-order valence-electron chi connectivity index (χ2n) is 5.74. The predicted molar refractivity (Wildman–Crippen MR) is 78.8 cm³/mol. The maximum atomic E-state index is 10.3. The van der Waals surface area contributed by atoms with Crippen molar-refractivity contribution in [3.63, 3.8) is 0 Å². The Morgan fingerprint density at radius 3 is 2.81 bits per heavy atom. The van der Waals surface area contributed by atoms with Crippen LogP contribution in [0, 0.1) is 5.92 Å². The first-order chi connectivity index (χ1) is 10.2. The lowest BCUT2D eigenvalue weighted by Crippen LogP contribution is -2.36. The number of nitrogens with one attached hydrogen (secondary N) is 1. The maximum Gasteiger partial charge on any atom is 0.161 e. The lowest BCUT2D eigenvalue weighted by molar-refractivity contribution is 0.152. The second-order valence-corrected chi connectivity index (χ2v) is 5.74. The molecule has 21 heavy (non-hydrogen) atoms. The fourth-order valence-electron chi connectivity index (χ4n) is 2.80. The molecular weight excluding hydrogens is 270 g/mol. The second kappa shape index (κ2) is 6.64. The van der Waals surface area contributed by atoms with Crippen LogP contribution < -0.4 is 14.8 Å². The van der Waals surface area contributed by atoms with Crippen LogP contribution in [-0.4, -0.2) is 44.1 Å². The van der Waals surface area contributed by atoms with Gasteiger partial charge >= 0.3 is 0 Å². The standard InChI is InChI=1S/C16H23NO4/c1-11(13-4-5-19-10-13)17-9-14(18)12-2-3-15-16(8-12)21-7-6-20-15/h2-3,8,11,13-14,17-18H,4-7,9-10H2,1H3. The first-order valence-corrected chi connectivity index (χ1v) is 7.63. The molecule has 1 saturated heterocycles. The van der Waals surface area contributed by atoms with Crippen LogP contribution in [0.25, 0.3) is 0 Å². The van der Waals surface area contributed by atoms with Crippen molar-refractivity contribution in [2.75, 3.05) is 33.0 Å². The Kier molecular flexibility index (Phi) is 4.63. The van der Waals surface area contributed by atoms with Gasteiger partial charge in [0.2, 0.25) is 0 Å². The fourth-order valence-corrected chi connectivity index (χ4v) is 2.80. The van der Waals surface area contributed by atoms with Gasteiger partial charge in [-0.1, -0.05) is 6.07 Å². The Labute approximate surface area is 125 Å². The van der Waals surface area contributed by atoms with Crippen molar-refractivity contribution in [1.82, 2.24) is 5.32 Å². The van der Waals surface area contributed by atoms with Crippen LogP contribution in [0.4, 0.5) is 0 Å². The third kappa shape index (κ3) is 3.48. The smallest absolute Gasteiger partial charge is 0.161 e. The fraction of sp³-hybridized carbons (Fsp3) is 0.625. The van der Waals surface area contributed by atoms with Gasteiger partial charge in [-0.05, 0) is 37.0 Å². The van der Waals surface area contributed by atoms with E-state index in [0.29, 0.717) is 31.7 Å². The minimum absolute atomic E-state index is 0.347. The highest BCUT2D eigenvalue weighted by Gasteiger charge is 2.23. The average molecular weight is 293 g/mol. The summed E-state index contributed by atoms with van der Waals surface area (Å²) >= 11 is 0. The Morgan fingerprint density at radius 2 is 2.05 bits per heavy atom. The van der Waals surface area contributed by atoms with E-state index in [1.54, 1.807) is 0 Å². The minimum Gasteiger partial charge on any atom is -0.486 e. The van der Waals surface area contributed by atoms with Gasteiger partial charge in [-0.3, -0.25) is 0 Å². The molecule has 0 radical (unpaired) electrons. The summed E-state index contributed by atoms with van der Waals surface area (Å²) in [5.41, 5.74) is 0.849. The van der Waals surface area contributed by atoms with Gasteiger partial charge in [-0.25, -0.2) is 0 Å². The molecule has 0 bridgehead atoms. The lowest BCUT2D eigenvalue weighted by atomic mass is 10.00. The number of ether oxygens (including phenoxy) is 3. The van der Waals surface area contributed by atoms with E-state index < -0.39 is 6.10 Å². The molecule has 0 aromatic heterocycles. The summed E-state index contributed by atoms with van der Waals surface area (Å²) in [5, 5.41) is 13.7. The molecule has 2 aliphatic rings. The molecule has 5 heteroatoms. The summed E-state index contributed by atoms with van der Waals surface area (Å²) in [4.78, 5) is 0. The highest BCUT2D eigenvalue weighted by Crippen LogP contribution is 2.32. The predicted octanol–water partition coefficient (Wildman–Crippen LogP) is 1.51. The number of benzene rings is 1. The molecule has 3 rings (SSSR count). The van der Waals surface area contributed by atoms with Gasteiger partial charge in [0.15, 0.2) is 11.5 Å². The molecule has 0 aliphatic carbocycles. The molecule has 116 valence electrons. The van der Waals surface area contributed by atoms with Crippen LogP contribution in [0.1, 0.15) is 25.0 Å². The zero-order valence-electron chi connectivity index (χ0n) is 12.4. The van der Waals surface area contributed by atoms with Gasteiger partial charge in [-0.15, -0.1) is 0 Å². The maximum absolute atomic E-state index is 10.3. The topological polar surface area (TPSA) is 60.0 Å². The van der Waals surface area contributed by atoms with Gasteiger partial charge in [0, 0.05) is 19.2 Å².